The maximum atomic E-state index is 13.6. The summed E-state index contributed by atoms with van der Waals surface area (Å²) in [6.07, 6.45) is 0.612. The lowest BCUT2D eigenvalue weighted by Crippen LogP contribution is -2.35. The SMILES string of the molecule is CC1Cc2ccccc2N1S(=O)(=O)c1cccc(C(=O)OCC(=O)N2c3ccccc3Sc3ccccc32)c1. The largest absolute Gasteiger partial charge is 0.452 e. The first-order valence-electron chi connectivity index (χ1n) is 12.4. The van der Waals surface area contributed by atoms with Crippen LogP contribution < -0.4 is 9.21 Å². The summed E-state index contributed by atoms with van der Waals surface area (Å²) in [5.41, 5.74) is 3.09. The van der Waals surface area contributed by atoms with Crippen molar-refractivity contribution < 1.29 is 22.7 Å². The van der Waals surface area contributed by atoms with Gasteiger partial charge in [0.15, 0.2) is 6.61 Å². The van der Waals surface area contributed by atoms with Crippen molar-refractivity contribution >= 4 is 50.7 Å². The molecule has 6 rings (SSSR count). The second kappa shape index (κ2) is 9.91. The predicted octanol–water partition coefficient (Wildman–Crippen LogP) is 5.81. The van der Waals surface area contributed by atoms with Gasteiger partial charge < -0.3 is 4.74 Å². The lowest BCUT2D eigenvalue weighted by molar-refractivity contribution is -0.121. The Morgan fingerprint density at radius 1 is 0.846 bits per heavy atom. The van der Waals surface area contributed by atoms with Gasteiger partial charge in [-0.15, -0.1) is 0 Å². The van der Waals surface area contributed by atoms with Crippen LogP contribution in [0.15, 0.2) is 112 Å². The van der Waals surface area contributed by atoms with Crippen LogP contribution in [0.25, 0.3) is 0 Å². The first-order valence-corrected chi connectivity index (χ1v) is 14.7. The quantitative estimate of drug-likeness (QED) is 0.289. The number of hydrogen-bond donors (Lipinski definition) is 0. The molecule has 39 heavy (non-hydrogen) atoms. The third-order valence-electron chi connectivity index (χ3n) is 6.78. The van der Waals surface area contributed by atoms with Crippen LogP contribution in [-0.2, 0) is 26.0 Å². The van der Waals surface area contributed by atoms with Gasteiger partial charge in [-0.3, -0.25) is 14.0 Å². The Bertz CT molecular complexity index is 1670. The summed E-state index contributed by atoms with van der Waals surface area (Å²) in [4.78, 5) is 29.7. The van der Waals surface area contributed by atoms with Crippen molar-refractivity contribution in [3.63, 3.8) is 0 Å². The van der Waals surface area contributed by atoms with Crippen molar-refractivity contribution in [2.45, 2.75) is 34.1 Å². The number of fused-ring (bicyclic) bond motifs is 3. The molecule has 1 unspecified atom stereocenters. The number of para-hydroxylation sites is 3. The summed E-state index contributed by atoms with van der Waals surface area (Å²) in [5.74, 6) is -1.18. The van der Waals surface area contributed by atoms with Gasteiger partial charge in [-0.25, -0.2) is 13.2 Å². The highest BCUT2D eigenvalue weighted by Gasteiger charge is 2.36. The fourth-order valence-electron chi connectivity index (χ4n) is 5.05. The van der Waals surface area contributed by atoms with E-state index in [1.54, 1.807) is 22.7 Å². The molecule has 0 aromatic heterocycles. The molecule has 7 nitrogen and oxygen atoms in total. The maximum absolute atomic E-state index is 13.6. The molecule has 4 aromatic carbocycles. The van der Waals surface area contributed by atoms with Crippen LogP contribution in [0.2, 0.25) is 0 Å². The zero-order valence-electron chi connectivity index (χ0n) is 21.0. The minimum absolute atomic E-state index is 0.0114. The van der Waals surface area contributed by atoms with Crippen molar-refractivity contribution in [3.8, 4) is 0 Å². The summed E-state index contributed by atoms with van der Waals surface area (Å²) in [7, 11) is -3.92. The standard InChI is InChI=1S/C30H24N2O5S2/c1-20-17-21-9-2-3-12-24(21)32(20)39(35,36)23-11-8-10-22(18-23)30(34)37-19-29(33)31-25-13-4-6-15-27(25)38-28-16-7-5-14-26(28)31/h2-16,18,20H,17,19H2,1H3. The molecule has 2 aliphatic rings. The Hall–Kier alpha value is -4.08. The van der Waals surface area contributed by atoms with Crippen LogP contribution >= 0.6 is 11.8 Å². The van der Waals surface area contributed by atoms with Crippen LogP contribution in [-0.4, -0.2) is 32.9 Å². The summed E-state index contributed by atoms with van der Waals surface area (Å²) in [6.45, 7) is 1.36. The molecule has 0 N–H and O–H groups in total. The van der Waals surface area contributed by atoms with Crippen molar-refractivity contribution in [1.29, 1.82) is 0 Å². The molecule has 0 saturated heterocycles. The number of carbonyl (C=O) groups is 2. The second-order valence-corrected chi connectivity index (χ2v) is 12.3. The van der Waals surface area contributed by atoms with Gasteiger partial charge in [0.2, 0.25) is 0 Å². The predicted molar refractivity (Wildman–Crippen MR) is 150 cm³/mol. The van der Waals surface area contributed by atoms with Crippen molar-refractivity contribution in [2.75, 3.05) is 15.8 Å². The number of sulfonamides is 1. The van der Waals surface area contributed by atoms with E-state index >= 15 is 0 Å². The molecule has 0 fully saturated rings. The van der Waals surface area contributed by atoms with Gasteiger partial charge in [0.25, 0.3) is 15.9 Å². The molecular weight excluding hydrogens is 532 g/mol. The van der Waals surface area contributed by atoms with E-state index in [9.17, 15) is 18.0 Å². The number of nitrogens with zero attached hydrogens (tertiary/aromatic N) is 2. The summed E-state index contributed by atoms with van der Waals surface area (Å²) in [5, 5.41) is 0. The molecule has 9 heteroatoms. The molecule has 0 spiro atoms. The third kappa shape index (κ3) is 4.47. The highest BCUT2D eigenvalue weighted by atomic mass is 32.2. The fourth-order valence-corrected chi connectivity index (χ4v) is 7.85. The van der Waals surface area contributed by atoms with E-state index in [2.05, 4.69) is 0 Å². The van der Waals surface area contributed by atoms with E-state index in [0.29, 0.717) is 12.1 Å². The van der Waals surface area contributed by atoms with Crippen LogP contribution in [0.4, 0.5) is 17.1 Å². The molecule has 2 aliphatic heterocycles. The topological polar surface area (TPSA) is 84.0 Å². The monoisotopic (exact) mass is 556 g/mol. The van der Waals surface area contributed by atoms with Gasteiger partial charge >= 0.3 is 5.97 Å². The van der Waals surface area contributed by atoms with Crippen LogP contribution in [0, 0.1) is 0 Å². The zero-order valence-corrected chi connectivity index (χ0v) is 22.6. The molecule has 0 aliphatic carbocycles. The number of carbonyl (C=O) groups excluding carboxylic acids is 2. The molecule has 1 amide bonds. The average molecular weight is 557 g/mol. The Kier molecular flexibility index (Phi) is 6.40. The Morgan fingerprint density at radius 3 is 2.15 bits per heavy atom. The number of hydrogen-bond acceptors (Lipinski definition) is 6. The minimum atomic E-state index is -3.92. The number of rotatable bonds is 5. The average Bonchev–Trinajstić information content (AvgIpc) is 3.30. The van der Waals surface area contributed by atoms with E-state index in [1.807, 2.05) is 73.7 Å². The molecule has 2 heterocycles. The molecule has 1 atom stereocenters. The molecule has 4 aromatic rings. The maximum Gasteiger partial charge on any atom is 0.338 e. The van der Waals surface area contributed by atoms with Gasteiger partial charge in [-0.2, -0.15) is 0 Å². The van der Waals surface area contributed by atoms with E-state index in [-0.39, 0.29) is 16.5 Å². The lowest BCUT2D eigenvalue weighted by atomic mass is 10.1. The third-order valence-corrected chi connectivity index (χ3v) is 9.83. The first kappa shape index (κ1) is 25.2. The molecule has 0 bridgehead atoms. The van der Waals surface area contributed by atoms with Crippen molar-refractivity contribution in [3.05, 3.63) is 108 Å². The number of anilines is 3. The van der Waals surface area contributed by atoms with E-state index < -0.39 is 28.5 Å². The minimum Gasteiger partial charge on any atom is -0.452 e. The van der Waals surface area contributed by atoms with Crippen LogP contribution in [0.1, 0.15) is 22.8 Å². The van der Waals surface area contributed by atoms with Gasteiger partial charge in [0.05, 0.1) is 27.5 Å². The molecule has 0 radical (unpaired) electrons. The lowest BCUT2D eigenvalue weighted by Gasteiger charge is -2.30. The van der Waals surface area contributed by atoms with Crippen LogP contribution in [0.5, 0.6) is 0 Å². The van der Waals surface area contributed by atoms with Crippen molar-refractivity contribution in [2.24, 2.45) is 0 Å². The highest BCUT2D eigenvalue weighted by Crippen LogP contribution is 2.47. The Balaban J connectivity index is 1.22. The number of benzene rings is 4. The first-order chi connectivity index (χ1) is 18.8. The Labute approximate surface area is 231 Å². The number of amides is 1. The zero-order chi connectivity index (χ0) is 27.1. The summed E-state index contributed by atoms with van der Waals surface area (Å²) in [6, 6.07) is 28.0. The highest BCUT2D eigenvalue weighted by molar-refractivity contribution is 7.99. The van der Waals surface area contributed by atoms with E-state index in [4.69, 9.17) is 4.74 Å². The summed E-state index contributed by atoms with van der Waals surface area (Å²) < 4.78 is 34.0. The molecule has 0 saturated carbocycles. The molecular formula is C30H24N2O5S2. The molecule has 196 valence electrons. The summed E-state index contributed by atoms with van der Waals surface area (Å²) >= 11 is 1.57. The van der Waals surface area contributed by atoms with Crippen molar-refractivity contribution in [1.82, 2.24) is 0 Å². The van der Waals surface area contributed by atoms with Gasteiger partial charge in [0, 0.05) is 15.8 Å². The number of ether oxygens (including phenoxy) is 1. The normalized spacial score (nSPS) is 15.8. The fraction of sp³-hybridized carbons (Fsp3) is 0.133. The van der Waals surface area contributed by atoms with Gasteiger partial charge in [-0.1, -0.05) is 60.3 Å². The second-order valence-electron chi connectivity index (χ2n) is 9.35. The smallest absolute Gasteiger partial charge is 0.338 e. The van der Waals surface area contributed by atoms with E-state index in [0.717, 1.165) is 26.7 Å². The van der Waals surface area contributed by atoms with E-state index in [1.165, 1.54) is 28.6 Å². The Morgan fingerprint density at radius 2 is 1.46 bits per heavy atom. The van der Waals surface area contributed by atoms with Gasteiger partial charge in [-0.05, 0) is 67.4 Å². The van der Waals surface area contributed by atoms with Crippen LogP contribution in [0.3, 0.4) is 0 Å². The van der Waals surface area contributed by atoms with Gasteiger partial charge in [0.1, 0.15) is 0 Å². The number of esters is 1.